The Morgan fingerprint density at radius 3 is 2.22 bits per heavy atom. The maximum atomic E-state index is 5.81. The van der Waals surface area contributed by atoms with Crippen LogP contribution in [-0.2, 0) is 6.54 Å². The first-order valence-electron chi connectivity index (χ1n) is 6.19. The first-order chi connectivity index (χ1) is 8.61. The van der Waals surface area contributed by atoms with Crippen LogP contribution in [0, 0.1) is 6.92 Å². The van der Waals surface area contributed by atoms with Crippen LogP contribution in [0.3, 0.4) is 0 Å². The fourth-order valence-corrected chi connectivity index (χ4v) is 2.08. The van der Waals surface area contributed by atoms with E-state index in [0.29, 0.717) is 6.54 Å². The van der Waals surface area contributed by atoms with Crippen molar-refractivity contribution in [3.05, 3.63) is 53.6 Å². The molecule has 0 bridgehead atoms. The molecular weight excluding hydrogens is 220 g/mol. The molecule has 0 atom stereocenters. The summed E-state index contributed by atoms with van der Waals surface area (Å²) in [4.78, 5) is 2.10. The third-order valence-corrected chi connectivity index (χ3v) is 3.18. The van der Waals surface area contributed by atoms with E-state index in [2.05, 4.69) is 54.3 Å². The lowest BCUT2D eigenvalue weighted by molar-refractivity contribution is 1.07. The van der Waals surface area contributed by atoms with Gasteiger partial charge in [0.05, 0.1) is 0 Å². The summed E-state index contributed by atoms with van der Waals surface area (Å²) in [7, 11) is 4.10. The summed E-state index contributed by atoms with van der Waals surface area (Å²) >= 11 is 0. The minimum atomic E-state index is 0.574. The van der Waals surface area contributed by atoms with Crippen molar-refractivity contribution in [1.82, 2.24) is 0 Å². The van der Waals surface area contributed by atoms with Gasteiger partial charge in [-0.3, -0.25) is 0 Å². The number of rotatable bonds is 3. The first kappa shape index (κ1) is 12.7. The molecule has 0 spiro atoms. The first-order valence-corrected chi connectivity index (χ1v) is 6.19. The molecule has 2 aromatic carbocycles. The molecule has 0 unspecified atom stereocenters. The molecule has 0 aliphatic rings. The SMILES string of the molecule is Cc1ccc(CN)c(-c2ccc(N(C)C)cc2)c1. The lowest BCUT2D eigenvalue weighted by atomic mass is 9.97. The van der Waals surface area contributed by atoms with Crippen molar-refractivity contribution in [3.63, 3.8) is 0 Å². The zero-order valence-electron chi connectivity index (χ0n) is 11.3. The Hall–Kier alpha value is -1.80. The van der Waals surface area contributed by atoms with Crippen LogP contribution in [0.5, 0.6) is 0 Å². The fourth-order valence-electron chi connectivity index (χ4n) is 2.08. The highest BCUT2D eigenvalue weighted by molar-refractivity contribution is 5.70. The van der Waals surface area contributed by atoms with Gasteiger partial charge < -0.3 is 10.6 Å². The molecule has 0 amide bonds. The molecule has 2 aromatic rings. The van der Waals surface area contributed by atoms with Crippen LogP contribution in [0.15, 0.2) is 42.5 Å². The average molecular weight is 240 g/mol. The van der Waals surface area contributed by atoms with Crippen LogP contribution in [0.25, 0.3) is 11.1 Å². The normalized spacial score (nSPS) is 10.4. The monoisotopic (exact) mass is 240 g/mol. The predicted molar refractivity (Wildman–Crippen MR) is 78.8 cm³/mol. The topological polar surface area (TPSA) is 29.3 Å². The van der Waals surface area contributed by atoms with E-state index in [4.69, 9.17) is 5.73 Å². The molecule has 2 nitrogen and oxygen atoms in total. The van der Waals surface area contributed by atoms with Gasteiger partial charge in [0.15, 0.2) is 0 Å². The van der Waals surface area contributed by atoms with Crippen molar-refractivity contribution in [2.45, 2.75) is 13.5 Å². The summed E-state index contributed by atoms with van der Waals surface area (Å²) in [5.74, 6) is 0. The Bertz CT molecular complexity index is 527. The minimum absolute atomic E-state index is 0.574. The highest BCUT2D eigenvalue weighted by Gasteiger charge is 2.05. The number of hydrogen-bond donors (Lipinski definition) is 1. The van der Waals surface area contributed by atoms with E-state index in [-0.39, 0.29) is 0 Å². The van der Waals surface area contributed by atoms with Gasteiger partial charge >= 0.3 is 0 Å². The maximum Gasteiger partial charge on any atom is 0.0361 e. The van der Waals surface area contributed by atoms with Crippen LogP contribution in [0.4, 0.5) is 5.69 Å². The van der Waals surface area contributed by atoms with Gasteiger partial charge in [-0.1, -0.05) is 35.9 Å². The molecule has 0 radical (unpaired) electrons. The van der Waals surface area contributed by atoms with Gasteiger partial charge in [0.2, 0.25) is 0 Å². The Kier molecular flexibility index (Phi) is 3.68. The van der Waals surface area contributed by atoms with Gasteiger partial charge in [-0.2, -0.15) is 0 Å². The second-order valence-corrected chi connectivity index (χ2v) is 4.81. The van der Waals surface area contributed by atoms with Crippen LogP contribution in [0.1, 0.15) is 11.1 Å². The Labute approximate surface area is 109 Å². The molecule has 0 fully saturated rings. The van der Waals surface area contributed by atoms with Crippen LogP contribution in [0.2, 0.25) is 0 Å². The predicted octanol–water partition coefficient (Wildman–Crippen LogP) is 3.19. The highest BCUT2D eigenvalue weighted by Crippen LogP contribution is 2.26. The van der Waals surface area contributed by atoms with Crippen molar-refractivity contribution in [3.8, 4) is 11.1 Å². The number of nitrogens with zero attached hydrogens (tertiary/aromatic N) is 1. The molecule has 0 saturated heterocycles. The van der Waals surface area contributed by atoms with Crippen molar-refractivity contribution >= 4 is 5.69 Å². The molecular formula is C16H20N2. The molecule has 0 aliphatic heterocycles. The standard InChI is InChI=1S/C16H20N2/c1-12-4-5-14(11-17)16(10-12)13-6-8-15(9-7-13)18(2)3/h4-10H,11,17H2,1-3H3. The van der Waals surface area contributed by atoms with Crippen LogP contribution in [-0.4, -0.2) is 14.1 Å². The average Bonchev–Trinajstić information content (AvgIpc) is 2.39. The molecule has 2 heteroatoms. The maximum absolute atomic E-state index is 5.81. The number of nitrogens with two attached hydrogens (primary N) is 1. The van der Waals surface area contributed by atoms with Crippen molar-refractivity contribution < 1.29 is 0 Å². The van der Waals surface area contributed by atoms with Gasteiger partial charge in [0.25, 0.3) is 0 Å². The number of aryl methyl sites for hydroxylation is 1. The van der Waals surface area contributed by atoms with Gasteiger partial charge in [-0.15, -0.1) is 0 Å². The summed E-state index contributed by atoms with van der Waals surface area (Å²) in [6.45, 7) is 2.68. The molecule has 2 rings (SSSR count). The van der Waals surface area contributed by atoms with Gasteiger partial charge in [-0.05, 0) is 35.7 Å². The lowest BCUT2D eigenvalue weighted by Gasteiger charge is -2.14. The van der Waals surface area contributed by atoms with E-state index in [1.807, 2.05) is 14.1 Å². The molecule has 0 saturated carbocycles. The smallest absolute Gasteiger partial charge is 0.0361 e. The van der Waals surface area contributed by atoms with Crippen molar-refractivity contribution in [2.24, 2.45) is 5.73 Å². The molecule has 2 N–H and O–H groups in total. The summed E-state index contributed by atoms with van der Waals surface area (Å²) in [6.07, 6.45) is 0. The van der Waals surface area contributed by atoms with Crippen LogP contribution >= 0.6 is 0 Å². The zero-order chi connectivity index (χ0) is 13.1. The largest absolute Gasteiger partial charge is 0.378 e. The van der Waals surface area contributed by atoms with Gasteiger partial charge in [-0.25, -0.2) is 0 Å². The van der Waals surface area contributed by atoms with E-state index in [0.717, 1.165) is 0 Å². The summed E-state index contributed by atoms with van der Waals surface area (Å²) in [5.41, 5.74) is 11.9. The second kappa shape index (κ2) is 5.23. The minimum Gasteiger partial charge on any atom is -0.378 e. The second-order valence-electron chi connectivity index (χ2n) is 4.81. The Morgan fingerprint density at radius 2 is 1.67 bits per heavy atom. The quantitative estimate of drug-likeness (QED) is 0.892. The molecule has 94 valence electrons. The van der Waals surface area contributed by atoms with Crippen molar-refractivity contribution in [2.75, 3.05) is 19.0 Å². The molecule has 0 aromatic heterocycles. The van der Waals surface area contributed by atoms with Gasteiger partial charge in [0.1, 0.15) is 0 Å². The zero-order valence-corrected chi connectivity index (χ0v) is 11.3. The van der Waals surface area contributed by atoms with E-state index in [9.17, 15) is 0 Å². The number of benzene rings is 2. The molecule has 0 aliphatic carbocycles. The number of anilines is 1. The van der Waals surface area contributed by atoms with E-state index >= 15 is 0 Å². The Balaban J connectivity index is 2.44. The summed E-state index contributed by atoms with van der Waals surface area (Å²) in [6, 6.07) is 15.0. The van der Waals surface area contributed by atoms with Gasteiger partial charge in [0, 0.05) is 26.3 Å². The third kappa shape index (κ3) is 2.54. The van der Waals surface area contributed by atoms with Crippen molar-refractivity contribution in [1.29, 1.82) is 0 Å². The van der Waals surface area contributed by atoms with E-state index in [1.54, 1.807) is 0 Å². The van der Waals surface area contributed by atoms with E-state index < -0.39 is 0 Å². The highest BCUT2D eigenvalue weighted by atomic mass is 15.1. The molecule has 18 heavy (non-hydrogen) atoms. The third-order valence-electron chi connectivity index (χ3n) is 3.18. The Morgan fingerprint density at radius 1 is 1.00 bits per heavy atom. The fraction of sp³-hybridized carbons (Fsp3) is 0.250. The summed E-state index contributed by atoms with van der Waals surface area (Å²) < 4.78 is 0. The lowest BCUT2D eigenvalue weighted by Crippen LogP contribution is -2.08. The van der Waals surface area contributed by atoms with E-state index in [1.165, 1.54) is 27.9 Å². The summed E-state index contributed by atoms with van der Waals surface area (Å²) in [5, 5.41) is 0. The number of hydrogen-bond acceptors (Lipinski definition) is 2. The van der Waals surface area contributed by atoms with Crippen LogP contribution < -0.4 is 10.6 Å². The molecule has 0 heterocycles.